The molecule has 0 aliphatic heterocycles. The zero-order valence-corrected chi connectivity index (χ0v) is 16.2. The maximum atomic E-state index is 13.5. The molecular weight excluding hydrogens is 428 g/mol. The SMILES string of the molecule is FC1(F)CCC(c2cc3c(NCc4ccco4)cc(Cl)nn3c2Br)CC1. The summed E-state index contributed by atoms with van der Waals surface area (Å²) in [6.45, 7) is 0.511. The summed E-state index contributed by atoms with van der Waals surface area (Å²) in [4.78, 5) is 0. The second-order valence-electron chi connectivity index (χ2n) is 6.63. The lowest BCUT2D eigenvalue weighted by molar-refractivity contribution is -0.0382. The van der Waals surface area contributed by atoms with E-state index in [-0.39, 0.29) is 18.8 Å². The van der Waals surface area contributed by atoms with Crippen molar-refractivity contribution in [1.29, 1.82) is 0 Å². The highest BCUT2D eigenvalue weighted by molar-refractivity contribution is 9.10. The Hall–Kier alpha value is -1.60. The lowest BCUT2D eigenvalue weighted by atomic mass is 9.83. The number of nitrogens with zero attached hydrogens (tertiary/aromatic N) is 2. The van der Waals surface area contributed by atoms with Crippen LogP contribution in [0.1, 0.15) is 42.9 Å². The van der Waals surface area contributed by atoms with Crippen molar-refractivity contribution in [3.05, 3.63) is 51.6 Å². The molecule has 0 radical (unpaired) electrons. The number of hydrogen-bond donors (Lipinski definition) is 1. The summed E-state index contributed by atoms with van der Waals surface area (Å²) in [5.41, 5.74) is 2.66. The third kappa shape index (κ3) is 3.47. The lowest BCUT2D eigenvalue weighted by Crippen LogP contribution is -2.23. The summed E-state index contributed by atoms with van der Waals surface area (Å²) >= 11 is 9.76. The molecular formula is C18H17BrClF2N3O. The fourth-order valence-electron chi connectivity index (χ4n) is 3.48. The fraction of sp³-hybridized carbons (Fsp3) is 0.389. The predicted molar refractivity (Wildman–Crippen MR) is 100 cm³/mol. The molecule has 3 heterocycles. The van der Waals surface area contributed by atoms with Gasteiger partial charge in [-0.05, 0) is 58.5 Å². The van der Waals surface area contributed by atoms with E-state index in [0.717, 1.165) is 27.1 Å². The molecule has 0 saturated heterocycles. The van der Waals surface area contributed by atoms with Gasteiger partial charge in [-0.1, -0.05) is 11.6 Å². The van der Waals surface area contributed by atoms with Crippen molar-refractivity contribution in [2.75, 3.05) is 5.32 Å². The smallest absolute Gasteiger partial charge is 0.248 e. The number of alkyl halides is 2. The van der Waals surface area contributed by atoms with E-state index >= 15 is 0 Å². The molecule has 1 aliphatic carbocycles. The van der Waals surface area contributed by atoms with Gasteiger partial charge in [0, 0.05) is 18.9 Å². The molecule has 4 nitrogen and oxygen atoms in total. The molecule has 1 fully saturated rings. The number of halogens is 4. The molecule has 0 unspecified atom stereocenters. The normalized spacial score (nSPS) is 17.7. The van der Waals surface area contributed by atoms with Gasteiger partial charge in [0.15, 0.2) is 5.15 Å². The van der Waals surface area contributed by atoms with Gasteiger partial charge in [0.25, 0.3) is 0 Å². The van der Waals surface area contributed by atoms with Crippen LogP contribution >= 0.6 is 27.5 Å². The van der Waals surface area contributed by atoms with E-state index in [1.807, 2.05) is 18.2 Å². The summed E-state index contributed by atoms with van der Waals surface area (Å²) in [6, 6.07) is 7.47. The Morgan fingerprint density at radius 1 is 1.35 bits per heavy atom. The minimum atomic E-state index is -2.54. The Labute approximate surface area is 162 Å². The van der Waals surface area contributed by atoms with Crippen LogP contribution in [0, 0.1) is 0 Å². The minimum absolute atomic E-state index is 0.0753. The summed E-state index contributed by atoms with van der Waals surface area (Å²) in [5.74, 6) is -1.65. The first-order valence-corrected chi connectivity index (χ1v) is 9.62. The van der Waals surface area contributed by atoms with E-state index in [1.54, 1.807) is 16.8 Å². The monoisotopic (exact) mass is 443 g/mol. The zero-order valence-electron chi connectivity index (χ0n) is 13.8. The molecule has 1 N–H and O–H groups in total. The molecule has 4 rings (SSSR count). The third-order valence-electron chi connectivity index (χ3n) is 4.87. The predicted octanol–water partition coefficient (Wildman–Crippen LogP) is 6.25. The van der Waals surface area contributed by atoms with Crippen LogP contribution in [0.2, 0.25) is 5.15 Å². The van der Waals surface area contributed by atoms with Crippen molar-refractivity contribution >= 4 is 38.7 Å². The highest BCUT2D eigenvalue weighted by Crippen LogP contribution is 2.44. The molecule has 3 aromatic heterocycles. The topological polar surface area (TPSA) is 42.5 Å². The number of furan rings is 1. The molecule has 0 bridgehead atoms. The molecule has 8 heteroatoms. The van der Waals surface area contributed by atoms with Crippen molar-refractivity contribution in [3.8, 4) is 0 Å². The zero-order chi connectivity index (χ0) is 18.3. The summed E-state index contributed by atoms with van der Waals surface area (Å²) < 4.78 is 34.8. The van der Waals surface area contributed by atoms with Gasteiger partial charge in [0.2, 0.25) is 5.92 Å². The van der Waals surface area contributed by atoms with Gasteiger partial charge in [0.05, 0.1) is 24.0 Å². The van der Waals surface area contributed by atoms with Gasteiger partial charge in [-0.25, -0.2) is 13.3 Å². The number of nitrogens with one attached hydrogen (secondary N) is 1. The van der Waals surface area contributed by atoms with Gasteiger partial charge in [-0.2, -0.15) is 5.10 Å². The van der Waals surface area contributed by atoms with E-state index < -0.39 is 5.92 Å². The van der Waals surface area contributed by atoms with Crippen LogP contribution in [-0.4, -0.2) is 15.5 Å². The quantitative estimate of drug-likeness (QED) is 0.517. The van der Waals surface area contributed by atoms with Crippen LogP contribution in [0.4, 0.5) is 14.5 Å². The second kappa shape index (κ2) is 6.85. The van der Waals surface area contributed by atoms with Crippen LogP contribution in [0.3, 0.4) is 0 Å². The summed E-state index contributed by atoms with van der Waals surface area (Å²) in [5, 5.41) is 8.00. The van der Waals surface area contributed by atoms with Crippen molar-refractivity contribution in [3.63, 3.8) is 0 Å². The third-order valence-corrected chi connectivity index (χ3v) is 5.85. The van der Waals surface area contributed by atoms with Gasteiger partial charge in [-0.15, -0.1) is 0 Å². The van der Waals surface area contributed by atoms with Crippen molar-refractivity contribution in [2.45, 2.75) is 44.1 Å². The van der Waals surface area contributed by atoms with E-state index in [2.05, 4.69) is 26.3 Å². The number of hydrogen-bond acceptors (Lipinski definition) is 3. The lowest BCUT2D eigenvalue weighted by Gasteiger charge is -2.28. The summed E-state index contributed by atoms with van der Waals surface area (Å²) in [7, 11) is 0. The van der Waals surface area contributed by atoms with Crippen molar-refractivity contribution in [2.24, 2.45) is 0 Å². The van der Waals surface area contributed by atoms with Crippen LogP contribution in [0.5, 0.6) is 0 Å². The highest BCUT2D eigenvalue weighted by atomic mass is 79.9. The maximum absolute atomic E-state index is 13.5. The van der Waals surface area contributed by atoms with E-state index in [0.29, 0.717) is 24.5 Å². The number of rotatable bonds is 4. The van der Waals surface area contributed by atoms with Gasteiger partial charge in [0.1, 0.15) is 10.4 Å². The van der Waals surface area contributed by atoms with Crippen LogP contribution in [0.25, 0.3) is 5.52 Å². The number of fused-ring (bicyclic) bond motifs is 1. The Bertz CT molecular complexity index is 916. The Morgan fingerprint density at radius 3 is 2.81 bits per heavy atom. The Kier molecular flexibility index (Phi) is 4.69. The molecule has 0 spiro atoms. The van der Waals surface area contributed by atoms with Gasteiger partial charge in [-0.3, -0.25) is 0 Å². The largest absolute Gasteiger partial charge is 0.467 e. The minimum Gasteiger partial charge on any atom is -0.467 e. The fourth-order valence-corrected chi connectivity index (χ4v) is 4.37. The maximum Gasteiger partial charge on any atom is 0.248 e. The number of aromatic nitrogens is 2. The molecule has 0 aromatic carbocycles. The first-order chi connectivity index (χ1) is 12.4. The highest BCUT2D eigenvalue weighted by Gasteiger charge is 2.36. The molecule has 138 valence electrons. The molecule has 1 saturated carbocycles. The van der Waals surface area contributed by atoms with Crippen molar-refractivity contribution < 1.29 is 13.2 Å². The van der Waals surface area contributed by atoms with Crippen LogP contribution in [-0.2, 0) is 6.54 Å². The Balaban J connectivity index is 1.66. The second-order valence-corrected chi connectivity index (χ2v) is 7.77. The molecule has 0 atom stereocenters. The van der Waals surface area contributed by atoms with Gasteiger partial charge < -0.3 is 9.73 Å². The van der Waals surface area contributed by atoms with E-state index in [1.165, 1.54) is 0 Å². The first kappa shape index (κ1) is 17.8. The van der Waals surface area contributed by atoms with E-state index in [9.17, 15) is 8.78 Å². The average Bonchev–Trinajstić information content (AvgIpc) is 3.22. The molecule has 26 heavy (non-hydrogen) atoms. The standard InChI is InChI=1S/C18H17BrClF2N3O/c19-17-13(11-3-5-18(21,22)6-4-11)8-15-14(9-16(20)24-25(15)17)23-10-12-2-1-7-26-12/h1-2,7-9,11,23H,3-6,10H2. The number of anilines is 1. The Morgan fingerprint density at radius 2 is 2.12 bits per heavy atom. The summed E-state index contributed by atoms with van der Waals surface area (Å²) in [6.07, 6.45) is 2.40. The molecule has 3 aromatic rings. The first-order valence-electron chi connectivity index (χ1n) is 8.45. The van der Waals surface area contributed by atoms with E-state index in [4.69, 9.17) is 16.0 Å². The van der Waals surface area contributed by atoms with Crippen molar-refractivity contribution in [1.82, 2.24) is 9.61 Å². The molecule has 0 amide bonds. The average molecular weight is 445 g/mol. The van der Waals surface area contributed by atoms with Crippen LogP contribution < -0.4 is 5.32 Å². The molecule has 1 aliphatic rings. The van der Waals surface area contributed by atoms with Crippen LogP contribution in [0.15, 0.2) is 39.5 Å². The van der Waals surface area contributed by atoms with Gasteiger partial charge >= 0.3 is 0 Å².